The predicted octanol–water partition coefficient (Wildman–Crippen LogP) is 3.60. The number of carbonyl (C=O) groups excluding carboxylic acids is 1. The van der Waals surface area contributed by atoms with E-state index in [0.29, 0.717) is 54.1 Å². The minimum Gasteiger partial charge on any atom is -0.478 e. The molecule has 1 spiro atoms. The third-order valence-electron chi connectivity index (χ3n) is 5.69. The highest BCUT2D eigenvalue weighted by Crippen LogP contribution is 2.39. The minimum atomic E-state index is -3.63. The molecule has 0 bridgehead atoms. The summed E-state index contributed by atoms with van der Waals surface area (Å²) >= 11 is 7.11. The second kappa shape index (κ2) is 8.37. The number of hydrogen-bond donors (Lipinski definition) is 0. The third kappa shape index (κ3) is 4.34. The van der Waals surface area contributed by atoms with Gasteiger partial charge >= 0.3 is 0 Å². The number of amides is 1. The van der Waals surface area contributed by atoms with Crippen molar-refractivity contribution < 1.29 is 22.7 Å². The Labute approximate surface area is 191 Å². The van der Waals surface area contributed by atoms with Gasteiger partial charge in [0.25, 0.3) is 15.9 Å². The Morgan fingerprint density at radius 3 is 2.45 bits per heavy atom. The number of carbonyl (C=O) groups is 1. The second-order valence-electron chi connectivity index (χ2n) is 8.16. The van der Waals surface area contributed by atoms with E-state index in [0.717, 1.165) is 0 Å². The van der Waals surface area contributed by atoms with Gasteiger partial charge in [0.15, 0.2) is 5.60 Å². The van der Waals surface area contributed by atoms with Crippen LogP contribution in [0.5, 0.6) is 5.75 Å². The van der Waals surface area contributed by atoms with Crippen LogP contribution in [-0.4, -0.2) is 61.1 Å². The highest BCUT2D eigenvalue weighted by molar-refractivity contribution is 7.91. The fourth-order valence-electron chi connectivity index (χ4n) is 4.13. The highest BCUT2D eigenvalue weighted by atomic mass is 35.5. The molecule has 0 saturated carbocycles. The normalized spacial score (nSPS) is 19.6. The number of thiophene rings is 1. The summed E-state index contributed by atoms with van der Waals surface area (Å²) < 4.78 is 39.9. The average Bonchev–Trinajstić information content (AvgIpc) is 3.41. The molecule has 0 aliphatic carbocycles. The summed E-state index contributed by atoms with van der Waals surface area (Å²) in [7, 11) is -3.63. The molecule has 2 saturated heterocycles. The molecular weight excluding hydrogens is 460 g/mol. The molecule has 0 radical (unpaired) electrons. The van der Waals surface area contributed by atoms with Crippen LogP contribution in [0.1, 0.15) is 26.7 Å². The van der Waals surface area contributed by atoms with Crippen molar-refractivity contribution in [2.45, 2.75) is 42.2 Å². The lowest BCUT2D eigenvalue weighted by Gasteiger charge is -2.44. The topological polar surface area (TPSA) is 76.2 Å². The number of piperidine rings is 1. The van der Waals surface area contributed by atoms with E-state index in [1.807, 2.05) is 0 Å². The van der Waals surface area contributed by atoms with Gasteiger partial charge in [0, 0.05) is 37.5 Å². The Balaban J connectivity index is 1.45. The number of halogens is 1. The Kier molecular flexibility index (Phi) is 6.08. The van der Waals surface area contributed by atoms with Gasteiger partial charge in [-0.2, -0.15) is 4.31 Å². The molecule has 31 heavy (non-hydrogen) atoms. The van der Waals surface area contributed by atoms with Crippen molar-refractivity contribution in [3.8, 4) is 5.75 Å². The molecule has 2 aliphatic rings. The zero-order valence-electron chi connectivity index (χ0n) is 17.4. The molecular formula is C21H25ClN2O5S2. The van der Waals surface area contributed by atoms with Gasteiger partial charge in [0.2, 0.25) is 0 Å². The molecule has 0 unspecified atom stereocenters. The fourth-order valence-corrected chi connectivity index (χ4v) is 7.08. The first-order chi connectivity index (χ1) is 14.6. The summed E-state index contributed by atoms with van der Waals surface area (Å²) in [6.07, 6.45) is 0.834. The molecule has 4 rings (SSSR count). The molecule has 0 N–H and O–H groups in total. The largest absolute Gasteiger partial charge is 0.478 e. The molecule has 2 aromatic rings. The van der Waals surface area contributed by atoms with Crippen LogP contribution in [0.15, 0.2) is 46.0 Å². The van der Waals surface area contributed by atoms with E-state index in [1.165, 1.54) is 15.6 Å². The van der Waals surface area contributed by atoms with Gasteiger partial charge in [0.1, 0.15) is 15.7 Å². The predicted molar refractivity (Wildman–Crippen MR) is 119 cm³/mol. The first-order valence-electron chi connectivity index (χ1n) is 10.1. The summed E-state index contributed by atoms with van der Waals surface area (Å²) in [5.41, 5.74) is -1.97. The SMILES string of the molecule is CC(C)(Oc1ccc(Cl)cc1)C(=O)N1CCC2(CC1)OCCN2S(=O)(=O)c1cccs1. The molecule has 168 valence electrons. The van der Waals surface area contributed by atoms with Crippen molar-refractivity contribution in [2.75, 3.05) is 26.2 Å². The molecule has 7 nitrogen and oxygen atoms in total. The van der Waals surface area contributed by atoms with E-state index in [9.17, 15) is 13.2 Å². The van der Waals surface area contributed by atoms with E-state index in [-0.39, 0.29) is 5.91 Å². The third-order valence-corrected chi connectivity index (χ3v) is 9.27. The van der Waals surface area contributed by atoms with E-state index >= 15 is 0 Å². The summed E-state index contributed by atoms with van der Waals surface area (Å²) in [6, 6.07) is 10.2. The van der Waals surface area contributed by atoms with E-state index in [1.54, 1.807) is 60.5 Å². The number of sulfonamides is 1. The van der Waals surface area contributed by atoms with Gasteiger partial charge < -0.3 is 14.4 Å². The quantitative estimate of drug-likeness (QED) is 0.648. The first kappa shape index (κ1) is 22.5. The van der Waals surface area contributed by atoms with Gasteiger partial charge in [0.05, 0.1) is 6.61 Å². The van der Waals surface area contributed by atoms with Crippen LogP contribution in [0.25, 0.3) is 0 Å². The number of likely N-dealkylation sites (tertiary alicyclic amines) is 1. The van der Waals surface area contributed by atoms with Crippen molar-refractivity contribution in [1.82, 2.24) is 9.21 Å². The highest BCUT2D eigenvalue weighted by Gasteiger charge is 2.52. The molecule has 0 atom stereocenters. The smallest absolute Gasteiger partial charge is 0.266 e. The van der Waals surface area contributed by atoms with E-state index in [4.69, 9.17) is 21.1 Å². The van der Waals surface area contributed by atoms with Crippen LogP contribution >= 0.6 is 22.9 Å². The average molecular weight is 485 g/mol. The van der Waals surface area contributed by atoms with Crippen LogP contribution in [0.4, 0.5) is 0 Å². The van der Waals surface area contributed by atoms with Crippen molar-refractivity contribution in [1.29, 1.82) is 0 Å². The maximum Gasteiger partial charge on any atom is 0.266 e. The Morgan fingerprint density at radius 2 is 1.84 bits per heavy atom. The molecule has 1 amide bonds. The van der Waals surface area contributed by atoms with Crippen molar-refractivity contribution in [2.24, 2.45) is 0 Å². The molecule has 2 fully saturated rings. The summed E-state index contributed by atoms with van der Waals surface area (Å²) in [5, 5.41) is 2.34. The van der Waals surface area contributed by atoms with Crippen LogP contribution in [0.2, 0.25) is 5.02 Å². The molecule has 3 heterocycles. The lowest BCUT2D eigenvalue weighted by atomic mass is 9.98. The van der Waals surface area contributed by atoms with Crippen LogP contribution in [-0.2, 0) is 19.6 Å². The van der Waals surface area contributed by atoms with Crippen molar-refractivity contribution in [3.63, 3.8) is 0 Å². The van der Waals surface area contributed by atoms with Gasteiger partial charge in [-0.25, -0.2) is 8.42 Å². The van der Waals surface area contributed by atoms with Gasteiger partial charge in [-0.3, -0.25) is 4.79 Å². The maximum atomic E-state index is 13.2. The standard InChI is InChI=1S/C21H25ClN2O5S2/c1-20(2,29-17-7-5-16(22)6-8-17)19(25)23-11-9-21(10-12-23)24(13-14-28-21)31(26,27)18-4-3-15-30-18/h3-8,15H,9-14H2,1-2H3. The Morgan fingerprint density at radius 1 is 1.16 bits per heavy atom. The van der Waals surface area contributed by atoms with Crippen molar-refractivity contribution >= 4 is 38.9 Å². The number of benzene rings is 1. The van der Waals surface area contributed by atoms with Crippen molar-refractivity contribution in [3.05, 3.63) is 46.8 Å². The lowest BCUT2D eigenvalue weighted by Crippen LogP contribution is -2.58. The summed E-state index contributed by atoms with van der Waals surface area (Å²) in [6.45, 7) is 4.91. The molecule has 2 aliphatic heterocycles. The van der Waals surface area contributed by atoms with Gasteiger partial charge in [-0.1, -0.05) is 17.7 Å². The Bertz CT molecular complexity index is 1030. The summed E-state index contributed by atoms with van der Waals surface area (Å²) in [5.74, 6) is 0.409. The van der Waals surface area contributed by atoms with Crippen LogP contribution in [0, 0.1) is 0 Å². The Hall–Kier alpha value is -1.65. The maximum absolute atomic E-state index is 13.2. The monoisotopic (exact) mass is 484 g/mol. The number of ether oxygens (including phenoxy) is 2. The minimum absolute atomic E-state index is 0.150. The number of rotatable bonds is 5. The second-order valence-corrected chi connectivity index (χ2v) is 11.6. The first-order valence-corrected chi connectivity index (χ1v) is 12.8. The molecule has 1 aromatic heterocycles. The number of hydrogen-bond acceptors (Lipinski definition) is 6. The van der Waals surface area contributed by atoms with E-state index < -0.39 is 21.3 Å². The van der Waals surface area contributed by atoms with Crippen LogP contribution < -0.4 is 4.74 Å². The molecule has 10 heteroatoms. The fraction of sp³-hybridized carbons (Fsp3) is 0.476. The number of nitrogens with zero attached hydrogens (tertiary/aromatic N) is 2. The van der Waals surface area contributed by atoms with Gasteiger partial charge in [-0.05, 0) is 49.6 Å². The van der Waals surface area contributed by atoms with Crippen LogP contribution in [0.3, 0.4) is 0 Å². The summed E-state index contributed by atoms with van der Waals surface area (Å²) in [4.78, 5) is 14.9. The lowest BCUT2D eigenvalue weighted by molar-refractivity contribution is -0.153. The zero-order valence-corrected chi connectivity index (χ0v) is 19.8. The molecule has 1 aromatic carbocycles. The zero-order chi connectivity index (χ0) is 22.3. The van der Waals surface area contributed by atoms with E-state index in [2.05, 4.69) is 0 Å². The van der Waals surface area contributed by atoms with Gasteiger partial charge in [-0.15, -0.1) is 11.3 Å².